The third-order valence-corrected chi connectivity index (χ3v) is 4.89. The summed E-state index contributed by atoms with van der Waals surface area (Å²) in [4.78, 5) is 24.1. The van der Waals surface area contributed by atoms with Gasteiger partial charge in [0.05, 0.1) is 10.6 Å². The summed E-state index contributed by atoms with van der Waals surface area (Å²) in [5.74, 6) is -0.973. The lowest BCUT2D eigenvalue weighted by atomic mass is 10.2. The van der Waals surface area contributed by atoms with E-state index in [0.29, 0.717) is 11.1 Å². The summed E-state index contributed by atoms with van der Waals surface area (Å²) < 4.78 is 2.31. The molecule has 2 aromatic rings. The molecule has 1 aromatic heterocycles. The van der Waals surface area contributed by atoms with E-state index in [1.165, 1.54) is 36.7 Å². The largest absolute Gasteiger partial charge is 0.346 e. The number of amides is 2. The van der Waals surface area contributed by atoms with Crippen LogP contribution in [0.5, 0.6) is 0 Å². The quantitative estimate of drug-likeness (QED) is 0.605. The van der Waals surface area contributed by atoms with Gasteiger partial charge in [-0.3, -0.25) is 20.4 Å². The third-order valence-electron chi connectivity index (χ3n) is 4.32. The maximum Gasteiger partial charge on any atom is 0.271 e. The molecular weight excluding hydrogens is 373 g/mol. The fourth-order valence-corrected chi connectivity index (χ4v) is 3.31. The molecule has 0 radical (unpaired) electrons. The van der Waals surface area contributed by atoms with Crippen molar-refractivity contribution in [2.75, 3.05) is 0 Å². The van der Waals surface area contributed by atoms with Gasteiger partial charge in [0, 0.05) is 28.5 Å². The Morgan fingerprint density at radius 1 is 1.15 bits per heavy atom. The second-order valence-corrected chi connectivity index (χ2v) is 7.17. The summed E-state index contributed by atoms with van der Waals surface area (Å²) >= 11 is 11.8. The Morgan fingerprint density at radius 2 is 1.88 bits per heavy atom. The van der Waals surface area contributed by atoms with Crippen LogP contribution in [0.15, 0.2) is 30.3 Å². The average molecular weight is 392 g/mol. The summed E-state index contributed by atoms with van der Waals surface area (Å²) in [6, 6.07) is 7.19. The minimum Gasteiger partial charge on any atom is -0.346 e. The van der Waals surface area contributed by atoms with Crippen molar-refractivity contribution in [1.29, 1.82) is 0 Å². The van der Waals surface area contributed by atoms with Crippen LogP contribution in [0.25, 0.3) is 6.08 Å². The lowest BCUT2D eigenvalue weighted by Gasteiger charge is -2.07. The lowest BCUT2D eigenvalue weighted by Crippen LogP contribution is -2.40. The molecule has 1 aliphatic carbocycles. The topological polar surface area (TPSA) is 63.1 Å². The molecule has 0 atom stereocenters. The number of hydrogen-bond donors (Lipinski definition) is 2. The van der Waals surface area contributed by atoms with Crippen molar-refractivity contribution in [2.24, 2.45) is 0 Å². The predicted molar refractivity (Wildman–Crippen MR) is 103 cm³/mol. The third kappa shape index (κ3) is 4.11. The van der Waals surface area contributed by atoms with E-state index in [1.54, 1.807) is 12.1 Å². The average Bonchev–Trinajstić information content (AvgIpc) is 3.39. The van der Waals surface area contributed by atoms with E-state index in [2.05, 4.69) is 28.4 Å². The molecule has 0 saturated heterocycles. The number of hydrogen-bond acceptors (Lipinski definition) is 2. The molecule has 26 heavy (non-hydrogen) atoms. The molecule has 1 fully saturated rings. The van der Waals surface area contributed by atoms with Crippen molar-refractivity contribution < 1.29 is 9.59 Å². The first kappa shape index (κ1) is 18.5. The number of carbonyl (C=O) groups is 2. The molecule has 3 rings (SSSR count). The van der Waals surface area contributed by atoms with Crippen LogP contribution in [0.4, 0.5) is 0 Å². The highest BCUT2D eigenvalue weighted by Gasteiger charge is 2.26. The van der Waals surface area contributed by atoms with Gasteiger partial charge in [-0.05, 0) is 62.6 Å². The molecule has 0 spiro atoms. The Bertz CT molecular complexity index is 898. The molecule has 2 amide bonds. The van der Waals surface area contributed by atoms with Gasteiger partial charge < -0.3 is 4.57 Å². The number of halogens is 2. The molecule has 5 nitrogen and oxygen atoms in total. The van der Waals surface area contributed by atoms with Gasteiger partial charge in [-0.25, -0.2) is 0 Å². The van der Waals surface area contributed by atoms with Crippen LogP contribution in [-0.2, 0) is 4.79 Å². The number of carbonyl (C=O) groups excluding carboxylic acids is 2. The van der Waals surface area contributed by atoms with Gasteiger partial charge in [0.2, 0.25) is 0 Å². The Kier molecular flexibility index (Phi) is 5.39. The first-order valence-electron chi connectivity index (χ1n) is 8.28. The summed E-state index contributed by atoms with van der Waals surface area (Å²) in [7, 11) is 0. The van der Waals surface area contributed by atoms with E-state index in [0.717, 1.165) is 11.3 Å². The van der Waals surface area contributed by atoms with Crippen LogP contribution in [0, 0.1) is 13.8 Å². The number of aryl methyl sites for hydroxylation is 1. The fourth-order valence-electron chi connectivity index (χ4n) is 2.93. The van der Waals surface area contributed by atoms with E-state index in [1.807, 2.05) is 6.92 Å². The smallest absolute Gasteiger partial charge is 0.271 e. The van der Waals surface area contributed by atoms with E-state index in [9.17, 15) is 9.59 Å². The molecule has 0 aliphatic heterocycles. The van der Waals surface area contributed by atoms with Crippen molar-refractivity contribution >= 4 is 41.1 Å². The van der Waals surface area contributed by atoms with Crippen LogP contribution >= 0.6 is 23.2 Å². The monoisotopic (exact) mass is 391 g/mol. The normalized spacial score (nSPS) is 13.8. The molecule has 136 valence electrons. The molecular formula is C19H19Cl2N3O2. The zero-order valence-electron chi connectivity index (χ0n) is 14.5. The van der Waals surface area contributed by atoms with Crippen molar-refractivity contribution in [3.8, 4) is 0 Å². The van der Waals surface area contributed by atoms with Gasteiger partial charge in [-0.1, -0.05) is 23.2 Å². The molecule has 2 N–H and O–H groups in total. The van der Waals surface area contributed by atoms with E-state index in [-0.39, 0.29) is 10.6 Å². The van der Waals surface area contributed by atoms with Gasteiger partial charge in [-0.15, -0.1) is 0 Å². The highest BCUT2D eigenvalue weighted by atomic mass is 35.5. The number of nitrogens with one attached hydrogen (secondary N) is 2. The first-order valence-corrected chi connectivity index (χ1v) is 9.04. The number of hydrazine groups is 1. The number of benzene rings is 1. The van der Waals surface area contributed by atoms with E-state index < -0.39 is 11.8 Å². The lowest BCUT2D eigenvalue weighted by molar-refractivity contribution is -0.117. The van der Waals surface area contributed by atoms with Gasteiger partial charge >= 0.3 is 0 Å². The second-order valence-electron chi connectivity index (χ2n) is 6.33. The minimum atomic E-state index is -0.536. The predicted octanol–water partition coefficient (Wildman–Crippen LogP) is 4.22. The maximum atomic E-state index is 12.1. The first-order chi connectivity index (χ1) is 12.4. The van der Waals surface area contributed by atoms with Crippen LogP contribution in [0.2, 0.25) is 10.0 Å². The minimum absolute atomic E-state index is 0.191. The van der Waals surface area contributed by atoms with Gasteiger partial charge in [-0.2, -0.15) is 0 Å². The van der Waals surface area contributed by atoms with Crippen LogP contribution in [-0.4, -0.2) is 16.4 Å². The van der Waals surface area contributed by atoms with Crippen LogP contribution in [0.3, 0.4) is 0 Å². The molecule has 1 heterocycles. The van der Waals surface area contributed by atoms with Gasteiger partial charge in [0.25, 0.3) is 11.8 Å². The van der Waals surface area contributed by atoms with Gasteiger partial charge in [0.1, 0.15) is 0 Å². The molecule has 1 aliphatic rings. The van der Waals surface area contributed by atoms with Crippen LogP contribution < -0.4 is 10.9 Å². The molecule has 7 heteroatoms. The summed E-state index contributed by atoms with van der Waals surface area (Å²) in [6.45, 7) is 4.11. The number of aromatic nitrogens is 1. The maximum absolute atomic E-state index is 12.1. The van der Waals surface area contributed by atoms with Crippen molar-refractivity contribution in [3.05, 3.63) is 62.9 Å². The molecule has 1 saturated carbocycles. The summed E-state index contributed by atoms with van der Waals surface area (Å²) in [6.07, 6.45) is 5.55. The molecule has 0 unspecified atom stereocenters. The standard InChI is InChI=1S/C19H19Cl2N3O2/c1-11-9-13(12(2)24(11)15-5-6-15)3-8-18(25)22-23-19(26)16-10-14(20)4-7-17(16)21/h3-4,7-10,15H,5-6H2,1-2H3,(H,22,25)(H,23,26)/b8-3+. The fraction of sp³-hybridized carbons (Fsp3) is 0.263. The zero-order valence-corrected chi connectivity index (χ0v) is 16.0. The van der Waals surface area contributed by atoms with E-state index >= 15 is 0 Å². The van der Waals surface area contributed by atoms with Crippen molar-refractivity contribution in [3.63, 3.8) is 0 Å². The van der Waals surface area contributed by atoms with Crippen molar-refractivity contribution in [1.82, 2.24) is 15.4 Å². The Hall–Kier alpha value is -2.24. The van der Waals surface area contributed by atoms with Crippen LogP contribution in [0.1, 0.15) is 46.2 Å². The Balaban J connectivity index is 1.60. The summed E-state index contributed by atoms with van der Waals surface area (Å²) in [5, 5.41) is 0.640. The summed E-state index contributed by atoms with van der Waals surface area (Å²) in [5.41, 5.74) is 8.18. The Labute approximate surface area is 161 Å². The van der Waals surface area contributed by atoms with Gasteiger partial charge in [0.15, 0.2) is 0 Å². The highest BCUT2D eigenvalue weighted by molar-refractivity contribution is 6.35. The highest BCUT2D eigenvalue weighted by Crippen LogP contribution is 2.38. The van der Waals surface area contributed by atoms with Crippen molar-refractivity contribution in [2.45, 2.75) is 32.7 Å². The second kappa shape index (κ2) is 7.56. The molecule has 1 aromatic carbocycles. The SMILES string of the molecule is Cc1cc(/C=C/C(=O)NNC(=O)c2cc(Cl)ccc2Cl)c(C)n1C1CC1. The Morgan fingerprint density at radius 3 is 2.58 bits per heavy atom. The zero-order chi connectivity index (χ0) is 18.8. The molecule has 0 bridgehead atoms. The van der Waals surface area contributed by atoms with E-state index in [4.69, 9.17) is 23.2 Å². The number of nitrogens with zero attached hydrogens (tertiary/aromatic N) is 1. The number of rotatable bonds is 4.